The quantitative estimate of drug-likeness (QED) is 0.720. The first-order valence-corrected chi connectivity index (χ1v) is 7.30. The summed E-state index contributed by atoms with van der Waals surface area (Å²) >= 11 is 0. The van der Waals surface area contributed by atoms with E-state index in [4.69, 9.17) is 5.73 Å². The molecule has 3 aromatic rings. The number of hydrogen-bond acceptors (Lipinski definition) is 1. The average molecular weight is 290 g/mol. The number of benzene rings is 2. The van der Waals surface area contributed by atoms with E-state index in [2.05, 4.69) is 59.3 Å². The Balaban J connectivity index is 1.82. The van der Waals surface area contributed by atoms with Crippen molar-refractivity contribution in [3.05, 3.63) is 84.1 Å². The number of primary amides is 1. The van der Waals surface area contributed by atoms with Gasteiger partial charge < -0.3 is 10.3 Å². The number of fused-ring (bicyclic) bond motifs is 1. The zero-order chi connectivity index (χ0) is 15.4. The molecule has 3 heteroatoms. The van der Waals surface area contributed by atoms with Crippen LogP contribution in [-0.4, -0.2) is 10.5 Å². The van der Waals surface area contributed by atoms with Crippen molar-refractivity contribution in [1.29, 1.82) is 0 Å². The Morgan fingerprint density at radius 1 is 1.05 bits per heavy atom. The number of hydrogen-bond donors (Lipinski definition) is 1. The van der Waals surface area contributed by atoms with E-state index < -0.39 is 5.91 Å². The summed E-state index contributed by atoms with van der Waals surface area (Å²) in [6.45, 7) is 0.866. The number of nitrogens with two attached hydrogens (primary N) is 1. The average Bonchev–Trinajstić information content (AvgIpc) is 2.90. The van der Waals surface area contributed by atoms with Crippen molar-refractivity contribution in [3.63, 3.8) is 0 Å². The number of carbonyl (C=O) groups is 1. The fraction of sp³-hybridized carbons (Fsp3) is 0.105. The second-order valence-corrected chi connectivity index (χ2v) is 5.33. The van der Waals surface area contributed by atoms with E-state index >= 15 is 0 Å². The Morgan fingerprint density at radius 2 is 1.86 bits per heavy atom. The Kier molecular flexibility index (Phi) is 4.05. The molecule has 3 rings (SSSR count). The highest BCUT2D eigenvalue weighted by molar-refractivity contribution is 5.85. The summed E-state index contributed by atoms with van der Waals surface area (Å²) in [5, 5.41) is 1.21. The smallest absolute Gasteiger partial charge is 0.241 e. The van der Waals surface area contributed by atoms with Gasteiger partial charge in [0.1, 0.15) is 0 Å². The van der Waals surface area contributed by atoms with Crippen LogP contribution in [0, 0.1) is 0 Å². The maximum Gasteiger partial charge on any atom is 0.241 e. The molecule has 1 heterocycles. The standard InChI is InChI=1S/C19H18N2O/c20-19(22)8-4-7-15-9-10-18-17(13-15)11-12-21(18)14-16-5-2-1-3-6-16/h1-6,8-13H,7,14H2,(H2,20,22). The molecule has 0 fully saturated rings. The predicted octanol–water partition coefficient (Wildman–Crippen LogP) is 3.27. The van der Waals surface area contributed by atoms with Crippen LogP contribution in [0.5, 0.6) is 0 Å². The highest BCUT2D eigenvalue weighted by Crippen LogP contribution is 2.19. The summed E-state index contributed by atoms with van der Waals surface area (Å²) in [5.74, 6) is -0.407. The van der Waals surface area contributed by atoms with Crippen LogP contribution in [0.25, 0.3) is 10.9 Å². The normalized spacial score (nSPS) is 11.3. The van der Waals surface area contributed by atoms with Crippen LogP contribution in [0.15, 0.2) is 72.9 Å². The molecule has 1 amide bonds. The van der Waals surface area contributed by atoms with Crippen molar-refractivity contribution in [2.45, 2.75) is 13.0 Å². The summed E-state index contributed by atoms with van der Waals surface area (Å²) in [4.78, 5) is 10.7. The minimum Gasteiger partial charge on any atom is -0.366 e. The van der Waals surface area contributed by atoms with Gasteiger partial charge in [0, 0.05) is 18.3 Å². The highest BCUT2D eigenvalue weighted by Gasteiger charge is 2.02. The SMILES string of the molecule is NC(=O)C=CCc1ccc2c(ccn2Cc2ccccc2)c1. The summed E-state index contributed by atoms with van der Waals surface area (Å²) in [6.07, 6.45) is 6.03. The van der Waals surface area contributed by atoms with E-state index in [-0.39, 0.29) is 0 Å². The van der Waals surface area contributed by atoms with Crippen LogP contribution >= 0.6 is 0 Å². The van der Waals surface area contributed by atoms with E-state index in [1.54, 1.807) is 6.08 Å². The molecule has 0 atom stereocenters. The molecule has 0 aliphatic heterocycles. The first-order valence-electron chi connectivity index (χ1n) is 7.30. The molecule has 3 nitrogen and oxygen atoms in total. The molecule has 0 unspecified atom stereocenters. The van der Waals surface area contributed by atoms with Gasteiger partial charge in [-0.25, -0.2) is 0 Å². The summed E-state index contributed by atoms with van der Waals surface area (Å²) in [6, 6.07) is 18.9. The Hall–Kier alpha value is -2.81. The van der Waals surface area contributed by atoms with Gasteiger partial charge in [0.25, 0.3) is 0 Å². The fourth-order valence-electron chi connectivity index (χ4n) is 2.61. The van der Waals surface area contributed by atoms with E-state index in [1.165, 1.54) is 28.1 Å². The minimum absolute atomic E-state index is 0.407. The van der Waals surface area contributed by atoms with Crippen molar-refractivity contribution in [2.24, 2.45) is 5.73 Å². The lowest BCUT2D eigenvalue weighted by molar-refractivity contribution is -0.113. The third kappa shape index (κ3) is 3.26. The summed E-state index contributed by atoms with van der Waals surface area (Å²) in [7, 11) is 0. The largest absolute Gasteiger partial charge is 0.366 e. The van der Waals surface area contributed by atoms with Crippen molar-refractivity contribution < 1.29 is 4.79 Å². The third-order valence-corrected chi connectivity index (χ3v) is 3.67. The number of allylic oxidation sites excluding steroid dienone is 1. The monoisotopic (exact) mass is 290 g/mol. The zero-order valence-corrected chi connectivity index (χ0v) is 12.3. The molecule has 0 bridgehead atoms. The van der Waals surface area contributed by atoms with Crippen LogP contribution < -0.4 is 5.73 Å². The lowest BCUT2D eigenvalue weighted by Crippen LogP contribution is -2.05. The summed E-state index contributed by atoms with van der Waals surface area (Å²) < 4.78 is 2.24. The second kappa shape index (κ2) is 6.31. The molecule has 0 radical (unpaired) electrons. The predicted molar refractivity (Wildman–Crippen MR) is 89.5 cm³/mol. The Bertz CT molecular complexity index is 816. The highest BCUT2D eigenvalue weighted by atomic mass is 16.1. The Morgan fingerprint density at radius 3 is 2.64 bits per heavy atom. The number of nitrogens with zero attached hydrogens (tertiary/aromatic N) is 1. The van der Waals surface area contributed by atoms with Crippen LogP contribution in [-0.2, 0) is 17.8 Å². The van der Waals surface area contributed by atoms with Gasteiger partial charge in [0.05, 0.1) is 0 Å². The topological polar surface area (TPSA) is 48.0 Å². The van der Waals surface area contributed by atoms with Gasteiger partial charge in [-0.15, -0.1) is 0 Å². The number of aromatic nitrogens is 1. The lowest BCUT2D eigenvalue weighted by Gasteiger charge is -2.06. The fourth-order valence-corrected chi connectivity index (χ4v) is 2.61. The van der Waals surface area contributed by atoms with Crippen LogP contribution in [0.4, 0.5) is 0 Å². The molecule has 22 heavy (non-hydrogen) atoms. The van der Waals surface area contributed by atoms with Gasteiger partial charge in [0.2, 0.25) is 5.91 Å². The van der Waals surface area contributed by atoms with Crippen molar-refractivity contribution in [1.82, 2.24) is 4.57 Å². The number of rotatable bonds is 5. The third-order valence-electron chi connectivity index (χ3n) is 3.67. The molecule has 0 spiro atoms. The van der Waals surface area contributed by atoms with Gasteiger partial charge in [0.15, 0.2) is 0 Å². The first-order chi connectivity index (χ1) is 10.7. The van der Waals surface area contributed by atoms with E-state index in [0.717, 1.165) is 6.54 Å². The van der Waals surface area contributed by atoms with Crippen LogP contribution in [0.1, 0.15) is 11.1 Å². The Labute approximate surface area is 129 Å². The van der Waals surface area contributed by atoms with Crippen molar-refractivity contribution in [3.8, 4) is 0 Å². The zero-order valence-electron chi connectivity index (χ0n) is 12.3. The minimum atomic E-state index is -0.407. The molecule has 2 aromatic carbocycles. The first kappa shape index (κ1) is 14.1. The van der Waals surface area contributed by atoms with Gasteiger partial charge >= 0.3 is 0 Å². The van der Waals surface area contributed by atoms with Gasteiger partial charge in [-0.05, 0) is 47.2 Å². The van der Waals surface area contributed by atoms with E-state index in [1.807, 2.05) is 6.07 Å². The molecule has 110 valence electrons. The van der Waals surface area contributed by atoms with Gasteiger partial charge in [-0.3, -0.25) is 4.79 Å². The molecule has 0 aliphatic rings. The lowest BCUT2D eigenvalue weighted by atomic mass is 10.1. The maximum atomic E-state index is 10.7. The van der Waals surface area contributed by atoms with E-state index in [9.17, 15) is 4.79 Å². The van der Waals surface area contributed by atoms with Crippen molar-refractivity contribution in [2.75, 3.05) is 0 Å². The molecule has 0 saturated heterocycles. The number of carbonyl (C=O) groups excluding carboxylic acids is 1. The molecular weight excluding hydrogens is 272 g/mol. The van der Waals surface area contributed by atoms with Gasteiger partial charge in [-0.1, -0.05) is 42.5 Å². The molecule has 0 aliphatic carbocycles. The van der Waals surface area contributed by atoms with Crippen LogP contribution in [0.3, 0.4) is 0 Å². The number of amides is 1. The molecule has 2 N–H and O–H groups in total. The molecule has 0 saturated carbocycles. The van der Waals surface area contributed by atoms with Crippen molar-refractivity contribution >= 4 is 16.8 Å². The van der Waals surface area contributed by atoms with Crippen LogP contribution in [0.2, 0.25) is 0 Å². The van der Waals surface area contributed by atoms with E-state index in [0.29, 0.717) is 6.42 Å². The molecular formula is C19H18N2O. The summed E-state index contributed by atoms with van der Waals surface area (Å²) in [5.41, 5.74) is 8.76. The molecule has 1 aromatic heterocycles. The second-order valence-electron chi connectivity index (χ2n) is 5.33. The maximum absolute atomic E-state index is 10.7. The van der Waals surface area contributed by atoms with Gasteiger partial charge in [-0.2, -0.15) is 0 Å².